The monoisotopic (exact) mass is 344 g/mol. The lowest BCUT2D eigenvalue weighted by atomic mass is 10.0. The van der Waals surface area contributed by atoms with Gasteiger partial charge < -0.3 is 15.5 Å². The van der Waals surface area contributed by atoms with Crippen LogP contribution in [-0.2, 0) is 4.79 Å². The number of aromatic nitrogens is 1. The third-order valence-electron chi connectivity index (χ3n) is 4.38. The van der Waals surface area contributed by atoms with Gasteiger partial charge in [-0.3, -0.25) is 4.79 Å². The van der Waals surface area contributed by atoms with Crippen LogP contribution >= 0.6 is 11.3 Å². The zero-order chi connectivity index (χ0) is 16.9. The van der Waals surface area contributed by atoms with Crippen LogP contribution in [0.4, 0.5) is 10.8 Å². The Morgan fingerprint density at radius 2 is 2.17 bits per heavy atom. The Hall–Kier alpha value is -1.92. The van der Waals surface area contributed by atoms with Gasteiger partial charge in [0.1, 0.15) is 0 Å². The molecule has 1 aromatic carbocycles. The van der Waals surface area contributed by atoms with E-state index in [9.17, 15) is 4.79 Å². The van der Waals surface area contributed by atoms with Crippen molar-refractivity contribution < 1.29 is 4.79 Å². The summed E-state index contributed by atoms with van der Waals surface area (Å²) in [4.78, 5) is 18.0. The average molecular weight is 344 g/mol. The molecule has 0 aliphatic carbocycles. The molecule has 5 nitrogen and oxygen atoms in total. The molecule has 0 saturated carbocycles. The van der Waals surface area contributed by atoms with E-state index in [1.165, 1.54) is 12.5 Å². The van der Waals surface area contributed by atoms with Crippen molar-refractivity contribution in [1.82, 2.24) is 10.3 Å². The van der Waals surface area contributed by atoms with E-state index in [-0.39, 0.29) is 11.9 Å². The first-order chi connectivity index (χ1) is 11.6. The number of rotatable bonds is 5. The zero-order valence-electron chi connectivity index (χ0n) is 14.2. The van der Waals surface area contributed by atoms with Crippen molar-refractivity contribution in [2.45, 2.75) is 38.8 Å². The number of thiazole rings is 1. The predicted molar refractivity (Wildman–Crippen MR) is 99.6 cm³/mol. The van der Waals surface area contributed by atoms with Crippen LogP contribution in [0, 0.1) is 0 Å². The number of nitrogens with one attached hydrogen (secondary N) is 2. The van der Waals surface area contributed by atoms with E-state index in [4.69, 9.17) is 0 Å². The van der Waals surface area contributed by atoms with E-state index in [0.717, 1.165) is 36.8 Å². The molecule has 1 amide bonds. The predicted octanol–water partition coefficient (Wildman–Crippen LogP) is 3.42. The van der Waals surface area contributed by atoms with E-state index < -0.39 is 0 Å². The van der Waals surface area contributed by atoms with Gasteiger partial charge in [-0.1, -0.05) is 12.1 Å². The maximum Gasteiger partial charge on any atom is 0.221 e. The number of hydrogen-bond donors (Lipinski definition) is 2. The van der Waals surface area contributed by atoms with Gasteiger partial charge in [-0.15, -0.1) is 11.3 Å². The molecule has 2 aromatic rings. The van der Waals surface area contributed by atoms with Crippen LogP contribution < -0.4 is 15.5 Å². The van der Waals surface area contributed by atoms with Crippen LogP contribution in [0.3, 0.4) is 0 Å². The molecule has 6 heteroatoms. The van der Waals surface area contributed by atoms with Crippen molar-refractivity contribution in [3.8, 4) is 0 Å². The number of carbonyl (C=O) groups is 1. The highest BCUT2D eigenvalue weighted by atomic mass is 32.1. The Morgan fingerprint density at radius 3 is 2.83 bits per heavy atom. The number of piperidine rings is 1. The van der Waals surface area contributed by atoms with Gasteiger partial charge in [0, 0.05) is 49.4 Å². The molecule has 24 heavy (non-hydrogen) atoms. The highest BCUT2D eigenvalue weighted by molar-refractivity contribution is 7.13. The van der Waals surface area contributed by atoms with E-state index in [2.05, 4.69) is 33.5 Å². The van der Waals surface area contributed by atoms with Gasteiger partial charge in [-0.2, -0.15) is 0 Å². The number of carbonyl (C=O) groups excluding carboxylic acids is 1. The molecule has 1 unspecified atom stereocenters. The van der Waals surface area contributed by atoms with Gasteiger partial charge >= 0.3 is 0 Å². The Morgan fingerprint density at radius 1 is 1.38 bits per heavy atom. The third kappa shape index (κ3) is 4.33. The molecule has 1 atom stereocenters. The topological polar surface area (TPSA) is 57.3 Å². The maximum atomic E-state index is 11.2. The minimum atomic E-state index is -0.0395. The SMILES string of the molecule is CC(=O)Nc1cccc(C(C)NC2CCN(c3nccs3)CC2)c1. The Balaban J connectivity index is 1.54. The Bertz CT molecular complexity index is 665. The van der Waals surface area contributed by atoms with Crippen LogP contribution in [0.5, 0.6) is 0 Å². The molecular weight excluding hydrogens is 320 g/mol. The number of hydrogen-bond acceptors (Lipinski definition) is 5. The van der Waals surface area contributed by atoms with Crippen LogP contribution in [0.15, 0.2) is 35.8 Å². The van der Waals surface area contributed by atoms with Crippen molar-refractivity contribution in [2.24, 2.45) is 0 Å². The number of nitrogens with zero attached hydrogens (tertiary/aromatic N) is 2. The van der Waals surface area contributed by atoms with E-state index in [1.807, 2.05) is 29.8 Å². The highest BCUT2D eigenvalue weighted by Crippen LogP contribution is 2.24. The maximum absolute atomic E-state index is 11.2. The van der Waals surface area contributed by atoms with Gasteiger partial charge in [-0.05, 0) is 37.5 Å². The largest absolute Gasteiger partial charge is 0.348 e. The highest BCUT2D eigenvalue weighted by Gasteiger charge is 2.22. The Labute approximate surface area is 147 Å². The van der Waals surface area contributed by atoms with Gasteiger partial charge in [-0.25, -0.2) is 4.98 Å². The minimum Gasteiger partial charge on any atom is -0.348 e. The van der Waals surface area contributed by atoms with Crippen LogP contribution in [-0.4, -0.2) is 30.0 Å². The molecule has 1 aliphatic heterocycles. The molecule has 1 aliphatic rings. The number of anilines is 2. The normalized spacial score (nSPS) is 16.8. The first-order valence-corrected chi connectivity index (χ1v) is 9.28. The standard InChI is InChI=1S/C18H24N4OS/c1-13(15-4-3-5-17(12-15)21-14(2)23)20-16-6-9-22(10-7-16)18-19-8-11-24-18/h3-5,8,11-13,16,20H,6-7,9-10H2,1-2H3,(H,21,23). The molecule has 0 radical (unpaired) electrons. The van der Waals surface area contributed by atoms with Gasteiger partial charge in [0.05, 0.1) is 0 Å². The summed E-state index contributed by atoms with van der Waals surface area (Å²) < 4.78 is 0. The van der Waals surface area contributed by atoms with Crippen LogP contribution in [0.25, 0.3) is 0 Å². The fraction of sp³-hybridized carbons (Fsp3) is 0.444. The van der Waals surface area contributed by atoms with Gasteiger partial charge in [0.2, 0.25) is 5.91 Å². The second-order valence-electron chi connectivity index (χ2n) is 6.27. The van der Waals surface area contributed by atoms with E-state index >= 15 is 0 Å². The number of amides is 1. The lowest BCUT2D eigenvalue weighted by Crippen LogP contribution is -2.43. The summed E-state index contributed by atoms with van der Waals surface area (Å²) in [5.41, 5.74) is 2.05. The van der Waals surface area contributed by atoms with Gasteiger partial charge in [0.15, 0.2) is 5.13 Å². The van der Waals surface area contributed by atoms with Crippen molar-refractivity contribution in [1.29, 1.82) is 0 Å². The molecule has 0 bridgehead atoms. The number of benzene rings is 1. The molecule has 2 N–H and O–H groups in total. The minimum absolute atomic E-state index is 0.0395. The summed E-state index contributed by atoms with van der Waals surface area (Å²) in [5, 5.41) is 9.73. The van der Waals surface area contributed by atoms with Crippen molar-refractivity contribution >= 4 is 28.1 Å². The molecule has 1 saturated heterocycles. The van der Waals surface area contributed by atoms with Crippen molar-refractivity contribution in [2.75, 3.05) is 23.3 Å². The first-order valence-electron chi connectivity index (χ1n) is 8.40. The molecule has 1 fully saturated rings. The van der Waals surface area contributed by atoms with Crippen LogP contribution in [0.1, 0.15) is 38.3 Å². The first kappa shape index (κ1) is 16.9. The van der Waals surface area contributed by atoms with E-state index in [1.54, 1.807) is 11.3 Å². The summed E-state index contributed by atoms with van der Waals surface area (Å²) in [6, 6.07) is 8.83. The second kappa shape index (κ2) is 7.77. The van der Waals surface area contributed by atoms with Crippen molar-refractivity contribution in [3.63, 3.8) is 0 Å². The Kier molecular flexibility index (Phi) is 5.48. The molecule has 2 heterocycles. The van der Waals surface area contributed by atoms with E-state index in [0.29, 0.717) is 6.04 Å². The molecular formula is C18H24N4OS. The molecule has 3 rings (SSSR count). The summed E-state index contributed by atoms with van der Waals surface area (Å²) in [6.45, 7) is 5.80. The summed E-state index contributed by atoms with van der Waals surface area (Å²) in [5.74, 6) is -0.0395. The molecule has 0 spiro atoms. The summed E-state index contributed by atoms with van der Waals surface area (Å²) in [7, 11) is 0. The fourth-order valence-corrected chi connectivity index (χ4v) is 3.85. The summed E-state index contributed by atoms with van der Waals surface area (Å²) in [6.07, 6.45) is 4.11. The van der Waals surface area contributed by atoms with Gasteiger partial charge in [0.25, 0.3) is 0 Å². The zero-order valence-corrected chi connectivity index (χ0v) is 15.0. The average Bonchev–Trinajstić information content (AvgIpc) is 3.09. The molecule has 1 aromatic heterocycles. The van der Waals surface area contributed by atoms with Crippen molar-refractivity contribution in [3.05, 3.63) is 41.4 Å². The lowest BCUT2D eigenvalue weighted by Gasteiger charge is -2.34. The third-order valence-corrected chi connectivity index (χ3v) is 5.21. The fourth-order valence-electron chi connectivity index (χ4n) is 3.15. The summed E-state index contributed by atoms with van der Waals surface area (Å²) >= 11 is 1.71. The smallest absolute Gasteiger partial charge is 0.221 e. The second-order valence-corrected chi connectivity index (χ2v) is 7.14. The quantitative estimate of drug-likeness (QED) is 0.872. The van der Waals surface area contributed by atoms with Crippen LogP contribution in [0.2, 0.25) is 0 Å². The lowest BCUT2D eigenvalue weighted by molar-refractivity contribution is -0.114. The molecule has 128 valence electrons.